The monoisotopic (exact) mass is 292 g/mol. The Kier molecular flexibility index (Phi) is 8.60. The minimum Gasteiger partial charge on any atom is -0.394 e. The molecule has 1 aliphatic rings. The second kappa shape index (κ2) is 9.65. The molecule has 5 atom stereocenters. The summed E-state index contributed by atoms with van der Waals surface area (Å²) in [5.74, 6) is 0. The number of hydrogen-bond acceptors (Lipinski definition) is 6. The summed E-state index contributed by atoms with van der Waals surface area (Å²) in [5.41, 5.74) is 0. The predicted molar refractivity (Wildman–Crippen MR) is 73.1 cm³/mol. The molecule has 1 heterocycles. The van der Waals surface area contributed by atoms with Gasteiger partial charge in [0.05, 0.1) is 6.61 Å². The van der Waals surface area contributed by atoms with Crippen molar-refractivity contribution in [3.63, 3.8) is 0 Å². The van der Waals surface area contributed by atoms with Crippen LogP contribution in [0, 0.1) is 0 Å². The third-order valence-electron chi connectivity index (χ3n) is 3.63. The minimum absolute atomic E-state index is 0.425. The Hall–Kier alpha value is -0.240. The van der Waals surface area contributed by atoms with Crippen LogP contribution in [0.15, 0.2) is 0 Å². The van der Waals surface area contributed by atoms with E-state index in [1.54, 1.807) is 0 Å². The zero-order valence-corrected chi connectivity index (χ0v) is 12.1. The second-order valence-corrected chi connectivity index (χ2v) is 5.34. The topological polar surface area (TPSA) is 99.4 Å². The summed E-state index contributed by atoms with van der Waals surface area (Å²) >= 11 is 0. The van der Waals surface area contributed by atoms with Gasteiger partial charge in [-0.05, 0) is 6.42 Å². The smallest absolute Gasteiger partial charge is 0.186 e. The molecule has 0 spiro atoms. The molecule has 0 amide bonds. The van der Waals surface area contributed by atoms with E-state index in [0.717, 1.165) is 19.3 Å². The van der Waals surface area contributed by atoms with Gasteiger partial charge in [0.15, 0.2) is 6.29 Å². The van der Waals surface area contributed by atoms with Crippen molar-refractivity contribution >= 4 is 0 Å². The van der Waals surface area contributed by atoms with Gasteiger partial charge in [0, 0.05) is 6.61 Å². The number of unbranched alkanes of at least 4 members (excludes halogenated alkanes) is 5. The number of rotatable bonds is 9. The minimum atomic E-state index is -1.37. The van der Waals surface area contributed by atoms with E-state index in [9.17, 15) is 15.3 Å². The fraction of sp³-hybridized carbons (Fsp3) is 1.00. The Morgan fingerprint density at radius 2 is 1.55 bits per heavy atom. The van der Waals surface area contributed by atoms with Gasteiger partial charge in [-0.15, -0.1) is 0 Å². The lowest BCUT2D eigenvalue weighted by Gasteiger charge is -2.39. The highest BCUT2D eigenvalue weighted by atomic mass is 16.7. The Morgan fingerprint density at radius 3 is 2.20 bits per heavy atom. The summed E-state index contributed by atoms with van der Waals surface area (Å²) in [6, 6.07) is 0. The molecule has 0 saturated carbocycles. The van der Waals surface area contributed by atoms with Gasteiger partial charge < -0.3 is 29.9 Å². The van der Waals surface area contributed by atoms with Gasteiger partial charge in [0.1, 0.15) is 24.4 Å². The van der Waals surface area contributed by atoms with Crippen LogP contribution in [-0.2, 0) is 9.47 Å². The third-order valence-corrected chi connectivity index (χ3v) is 3.63. The molecule has 1 saturated heterocycles. The van der Waals surface area contributed by atoms with Crippen LogP contribution in [0.4, 0.5) is 0 Å². The molecule has 1 rings (SSSR count). The highest BCUT2D eigenvalue weighted by Gasteiger charge is 2.43. The largest absolute Gasteiger partial charge is 0.394 e. The van der Waals surface area contributed by atoms with Crippen LogP contribution in [-0.4, -0.2) is 64.3 Å². The summed E-state index contributed by atoms with van der Waals surface area (Å²) in [7, 11) is 0. The van der Waals surface area contributed by atoms with Gasteiger partial charge >= 0.3 is 0 Å². The van der Waals surface area contributed by atoms with E-state index >= 15 is 0 Å². The summed E-state index contributed by atoms with van der Waals surface area (Å²) in [5, 5.41) is 38.0. The fourth-order valence-electron chi connectivity index (χ4n) is 2.29. The SMILES string of the molecule is CCCCCCCCO[C@@H]1OC(CO)[C@@H](O)C(O)[C@@H]1O. The molecule has 0 aromatic rings. The van der Waals surface area contributed by atoms with Crippen LogP contribution in [0.1, 0.15) is 45.4 Å². The average molecular weight is 292 g/mol. The zero-order chi connectivity index (χ0) is 15.0. The van der Waals surface area contributed by atoms with Crippen molar-refractivity contribution < 1.29 is 29.9 Å². The van der Waals surface area contributed by atoms with Crippen molar-refractivity contribution in [2.45, 2.75) is 76.2 Å². The molecule has 120 valence electrons. The first-order chi connectivity index (χ1) is 9.61. The summed E-state index contributed by atoms with van der Waals surface area (Å²) in [6.45, 7) is 2.17. The Labute approximate surface area is 120 Å². The first kappa shape index (κ1) is 17.8. The van der Waals surface area contributed by atoms with Gasteiger partial charge in [0.2, 0.25) is 0 Å². The van der Waals surface area contributed by atoms with E-state index in [4.69, 9.17) is 14.6 Å². The molecule has 0 radical (unpaired) electrons. The molecular weight excluding hydrogens is 264 g/mol. The summed E-state index contributed by atoms with van der Waals surface area (Å²) < 4.78 is 10.6. The summed E-state index contributed by atoms with van der Waals surface area (Å²) in [6.07, 6.45) is 0.851. The lowest BCUT2D eigenvalue weighted by molar-refractivity contribution is -0.301. The number of hydrogen-bond donors (Lipinski definition) is 4. The Bertz CT molecular complexity index is 248. The molecule has 4 N–H and O–H groups in total. The second-order valence-electron chi connectivity index (χ2n) is 5.34. The van der Waals surface area contributed by atoms with Crippen LogP contribution in [0.3, 0.4) is 0 Å². The molecular formula is C14H28O6. The maximum Gasteiger partial charge on any atom is 0.186 e. The predicted octanol–water partition coefficient (Wildman–Crippen LogP) is 0.163. The van der Waals surface area contributed by atoms with E-state index in [-0.39, 0.29) is 0 Å². The molecule has 1 fully saturated rings. The van der Waals surface area contributed by atoms with E-state index in [2.05, 4.69) is 6.92 Å². The molecule has 1 aliphatic heterocycles. The van der Waals surface area contributed by atoms with Crippen molar-refractivity contribution in [3.8, 4) is 0 Å². The van der Waals surface area contributed by atoms with Crippen molar-refractivity contribution in [1.29, 1.82) is 0 Å². The first-order valence-electron chi connectivity index (χ1n) is 7.54. The standard InChI is InChI=1S/C14H28O6/c1-2-3-4-5-6-7-8-19-14-13(18)12(17)11(16)10(9-15)20-14/h10-18H,2-9H2,1H3/t10?,11-,12?,13+,14-/m1/s1. The van der Waals surface area contributed by atoms with Gasteiger partial charge in [0.25, 0.3) is 0 Å². The van der Waals surface area contributed by atoms with E-state index < -0.39 is 37.3 Å². The maximum absolute atomic E-state index is 9.75. The summed E-state index contributed by atoms with van der Waals surface area (Å²) in [4.78, 5) is 0. The van der Waals surface area contributed by atoms with Gasteiger partial charge in [-0.3, -0.25) is 0 Å². The van der Waals surface area contributed by atoms with Crippen molar-refractivity contribution in [3.05, 3.63) is 0 Å². The first-order valence-corrected chi connectivity index (χ1v) is 7.54. The van der Waals surface area contributed by atoms with Gasteiger partial charge in [-0.2, -0.15) is 0 Å². The lowest BCUT2D eigenvalue weighted by atomic mass is 9.99. The molecule has 0 aromatic heterocycles. The van der Waals surface area contributed by atoms with Gasteiger partial charge in [-0.25, -0.2) is 0 Å². The van der Waals surface area contributed by atoms with E-state index in [1.165, 1.54) is 19.3 Å². The van der Waals surface area contributed by atoms with Crippen LogP contribution >= 0.6 is 0 Å². The van der Waals surface area contributed by atoms with Crippen LogP contribution < -0.4 is 0 Å². The highest BCUT2D eigenvalue weighted by Crippen LogP contribution is 2.22. The molecule has 20 heavy (non-hydrogen) atoms. The molecule has 2 unspecified atom stereocenters. The van der Waals surface area contributed by atoms with Crippen molar-refractivity contribution in [1.82, 2.24) is 0 Å². The fourth-order valence-corrected chi connectivity index (χ4v) is 2.29. The molecule has 0 bridgehead atoms. The lowest BCUT2D eigenvalue weighted by Crippen LogP contribution is -2.59. The molecule has 6 heteroatoms. The maximum atomic E-state index is 9.75. The van der Waals surface area contributed by atoms with Crippen molar-refractivity contribution in [2.75, 3.05) is 13.2 Å². The van der Waals surface area contributed by atoms with Crippen molar-refractivity contribution in [2.24, 2.45) is 0 Å². The normalized spacial score (nSPS) is 34.4. The average Bonchev–Trinajstić information content (AvgIpc) is 2.46. The number of ether oxygens (including phenoxy) is 2. The quantitative estimate of drug-likeness (QED) is 0.452. The number of aliphatic hydroxyl groups is 4. The zero-order valence-electron chi connectivity index (χ0n) is 12.1. The Balaban J connectivity index is 2.21. The van der Waals surface area contributed by atoms with Gasteiger partial charge in [-0.1, -0.05) is 39.0 Å². The van der Waals surface area contributed by atoms with Crippen LogP contribution in [0.5, 0.6) is 0 Å². The molecule has 6 nitrogen and oxygen atoms in total. The van der Waals surface area contributed by atoms with E-state index in [0.29, 0.717) is 6.61 Å². The highest BCUT2D eigenvalue weighted by molar-refractivity contribution is 4.88. The van der Waals surface area contributed by atoms with Crippen LogP contribution in [0.2, 0.25) is 0 Å². The number of aliphatic hydroxyl groups excluding tert-OH is 4. The van der Waals surface area contributed by atoms with Crippen LogP contribution in [0.25, 0.3) is 0 Å². The third kappa shape index (κ3) is 5.27. The molecule has 0 aliphatic carbocycles. The Morgan fingerprint density at radius 1 is 0.900 bits per heavy atom. The van der Waals surface area contributed by atoms with E-state index in [1.807, 2.05) is 0 Å². The molecule has 0 aromatic carbocycles.